The van der Waals surface area contributed by atoms with Crippen LogP contribution in [0.5, 0.6) is 0 Å². The molecule has 0 radical (unpaired) electrons. The minimum Gasteiger partial charge on any atom is -0.258 e. The Kier molecular flexibility index (Phi) is 16.7. The van der Waals surface area contributed by atoms with Crippen LogP contribution >= 0.6 is 0 Å². The van der Waals surface area contributed by atoms with Gasteiger partial charge in [0, 0.05) is 39.8 Å². The van der Waals surface area contributed by atoms with E-state index in [-0.39, 0.29) is 0 Å². The first-order chi connectivity index (χ1) is 35.6. The predicted molar refractivity (Wildman–Crippen MR) is 316 cm³/mol. The quantitative estimate of drug-likeness (QED) is 0.152. The Hall–Kier alpha value is -5.93. The maximum atomic E-state index is 4.74. The van der Waals surface area contributed by atoms with Crippen molar-refractivity contribution in [1.29, 1.82) is 0 Å². The van der Waals surface area contributed by atoms with Crippen LogP contribution < -0.4 is 0 Å². The largest absolute Gasteiger partial charge is 0.258 e. The molecule has 384 valence electrons. The third kappa shape index (κ3) is 12.1. The molecule has 6 aliphatic carbocycles. The highest BCUT2D eigenvalue weighted by Crippen LogP contribution is 2.54. The highest BCUT2D eigenvalue weighted by molar-refractivity contribution is 5.84. The van der Waals surface area contributed by atoms with Crippen LogP contribution in [0.2, 0.25) is 0 Å². The molecule has 0 aliphatic heterocycles. The molecule has 0 amide bonds. The Labute approximate surface area is 446 Å². The number of rotatable bonds is 0. The van der Waals surface area contributed by atoms with Crippen molar-refractivity contribution < 1.29 is 0 Å². The van der Waals surface area contributed by atoms with Gasteiger partial charge in [-0.2, -0.15) is 0 Å². The number of aryl methyl sites for hydroxylation is 16. The molecule has 4 unspecified atom stereocenters. The van der Waals surface area contributed by atoms with Gasteiger partial charge in [0.1, 0.15) is 0 Å². The highest BCUT2D eigenvalue weighted by Gasteiger charge is 2.38. The first-order valence-electron chi connectivity index (χ1n) is 28.5. The van der Waals surface area contributed by atoms with E-state index in [0.717, 1.165) is 34.9 Å². The minimum atomic E-state index is 0.805. The second-order valence-electron chi connectivity index (χ2n) is 23.3. The fourth-order valence-corrected chi connectivity index (χ4v) is 12.7. The van der Waals surface area contributed by atoms with Gasteiger partial charge in [0.25, 0.3) is 0 Å². The van der Waals surface area contributed by atoms with E-state index >= 15 is 0 Å². The first kappa shape index (κ1) is 52.9. The monoisotopic (exact) mass is 980 g/mol. The van der Waals surface area contributed by atoms with Crippen molar-refractivity contribution in [3.8, 4) is 0 Å². The van der Waals surface area contributed by atoms with Crippen LogP contribution in [-0.2, 0) is 25.7 Å². The van der Waals surface area contributed by atoms with Gasteiger partial charge >= 0.3 is 0 Å². The van der Waals surface area contributed by atoms with Crippen molar-refractivity contribution in [3.63, 3.8) is 0 Å². The van der Waals surface area contributed by atoms with Crippen LogP contribution in [0.15, 0.2) is 103 Å². The molecule has 3 aromatic heterocycles. The second-order valence-corrected chi connectivity index (χ2v) is 23.3. The van der Waals surface area contributed by atoms with E-state index in [2.05, 4.69) is 171 Å². The summed E-state index contributed by atoms with van der Waals surface area (Å²) in [5.74, 6) is 3.49. The van der Waals surface area contributed by atoms with E-state index in [1.807, 2.05) is 25.1 Å². The summed E-state index contributed by atoms with van der Waals surface area (Å²) >= 11 is 0. The van der Waals surface area contributed by atoms with Crippen molar-refractivity contribution in [2.24, 2.45) is 0 Å². The fourth-order valence-electron chi connectivity index (χ4n) is 12.7. The normalized spacial score (nSPS) is 18.9. The predicted octanol–water partition coefficient (Wildman–Crippen LogP) is 18.8. The van der Waals surface area contributed by atoms with Gasteiger partial charge in [-0.1, -0.05) is 91.0 Å². The summed E-state index contributed by atoms with van der Waals surface area (Å²) in [5, 5.41) is 3.89. The molecule has 6 aliphatic rings. The molecule has 5 aromatic carbocycles. The standard InChI is InChI=1S/C13H16.C12H15N.C12H16.C12H12.C11H15N.C11H11N/c1-8-5-12-10-3-4-11(7-10)13(12)6-9(8)2;1-7-5-11-9-3-4-10(6-9)12(11)13-8(7)2;2*1-9-7-11-5-3-4-6-12(11)8-10(9)2;2*1-8-7-10-5-3-4-6-11(10)12-9(8)2/h5-6,10-11H,3-4,7H2,1-2H3;5,9-10H,3-4,6H2,1-2H3;7-8H,3-6H2,1-2H3;3-8H,1-2H3;7H,3-6H2,1-2H3;3-7H,1-2H3. The van der Waals surface area contributed by atoms with Gasteiger partial charge < -0.3 is 0 Å². The van der Waals surface area contributed by atoms with Crippen molar-refractivity contribution in [2.75, 3.05) is 0 Å². The number of hydrogen-bond acceptors (Lipinski definition) is 3. The second kappa shape index (κ2) is 23.3. The molecular formula is C71H85N3. The molecule has 0 saturated heterocycles. The lowest BCUT2D eigenvalue weighted by Gasteiger charge is -2.17. The van der Waals surface area contributed by atoms with Crippen LogP contribution in [0, 0.1) is 83.1 Å². The zero-order valence-corrected chi connectivity index (χ0v) is 47.4. The Balaban J connectivity index is 0.000000109. The molecule has 0 spiro atoms. The van der Waals surface area contributed by atoms with E-state index in [9.17, 15) is 0 Å². The molecule has 2 saturated carbocycles. The van der Waals surface area contributed by atoms with E-state index in [0.29, 0.717) is 0 Å². The molecule has 14 rings (SSSR count). The molecule has 4 bridgehead atoms. The molecule has 8 aromatic rings. The van der Waals surface area contributed by atoms with Crippen LogP contribution in [0.3, 0.4) is 0 Å². The summed E-state index contributed by atoms with van der Waals surface area (Å²) in [6.45, 7) is 25.9. The number of hydrogen-bond donors (Lipinski definition) is 0. The zero-order valence-electron chi connectivity index (χ0n) is 47.4. The van der Waals surface area contributed by atoms with E-state index in [1.54, 1.807) is 27.8 Å². The number of fused-ring (bicyclic) bond motifs is 14. The lowest BCUT2D eigenvalue weighted by atomic mass is 9.89. The summed E-state index contributed by atoms with van der Waals surface area (Å²) in [6.07, 6.45) is 19.0. The van der Waals surface area contributed by atoms with Gasteiger partial charge in [0.05, 0.1) is 5.52 Å². The van der Waals surface area contributed by atoms with Gasteiger partial charge in [-0.15, -0.1) is 0 Å². The maximum Gasteiger partial charge on any atom is 0.0705 e. The van der Waals surface area contributed by atoms with Gasteiger partial charge in [-0.05, 0) is 297 Å². The lowest BCUT2D eigenvalue weighted by molar-refractivity contribution is 0.664. The van der Waals surface area contributed by atoms with Crippen molar-refractivity contribution in [2.45, 2.75) is 197 Å². The van der Waals surface area contributed by atoms with Crippen LogP contribution in [0.4, 0.5) is 0 Å². The Morgan fingerprint density at radius 1 is 0.324 bits per heavy atom. The van der Waals surface area contributed by atoms with Crippen molar-refractivity contribution in [1.82, 2.24) is 15.0 Å². The Morgan fingerprint density at radius 3 is 1.30 bits per heavy atom. The Morgan fingerprint density at radius 2 is 0.703 bits per heavy atom. The van der Waals surface area contributed by atoms with Gasteiger partial charge in [-0.25, -0.2) is 0 Å². The molecule has 4 atom stereocenters. The molecular weight excluding hydrogens is 895 g/mol. The van der Waals surface area contributed by atoms with Crippen LogP contribution in [-0.4, -0.2) is 15.0 Å². The minimum absolute atomic E-state index is 0.805. The third-order valence-electron chi connectivity index (χ3n) is 18.0. The summed E-state index contributed by atoms with van der Waals surface area (Å²) in [4.78, 5) is 13.8. The number of aromatic nitrogens is 3. The SMILES string of the molecule is Cc1cc2c(cc1C)C1CCC2C1.Cc1cc2c(cc1C)CCCC2.Cc1cc2c(nc1C)C1CCC2C1.Cc1cc2c(nc1C)CCCC2.Cc1cc2ccccc2cc1C.Cc1cc2ccccc2nc1C. The van der Waals surface area contributed by atoms with E-state index in [1.165, 1.54) is 184 Å². The molecule has 2 fully saturated rings. The summed E-state index contributed by atoms with van der Waals surface area (Å²) in [5.41, 5.74) is 29.6. The van der Waals surface area contributed by atoms with Crippen LogP contribution in [0.25, 0.3) is 21.7 Å². The highest BCUT2D eigenvalue weighted by atomic mass is 14.8. The molecule has 74 heavy (non-hydrogen) atoms. The van der Waals surface area contributed by atoms with Crippen molar-refractivity contribution >= 4 is 21.7 Å². The Bertz CT molecular complexity index is 2870. The van der Waals surface area contributed by atoms with Gasteiger partial charge in [0.15, 0.2) is 0 Å². The summed E-state index contributed by atoms with van der Waals surface area (Å²) in [7, 11) is 0. The zero-order chi connectivity index (χ0) is 52.2. The number of pyridine rings is 3. The van der Waals surface area contributed by atoms with E-state index < -0.39 is 0 Å². The number of nitrogens with zero attached hydrogens (tertiary/aromatic N) is 3. The summed E-state index contributed by atoms with van der Waals surface area (Å²) < 4.78 is 0. The molecule has 3 nitrogen and oxygen atoms in total. The van der Waals surface area contributed by atoms with Gasteiger partial charge in [-0.3, -0.25) is 15.0 Å². The number of benzene rings is 5. The van der Waals surface area contributed by atoms with Gasteiger partial charge in [0.2, 0.25) is 0 Å². The topological polar surface area (TPSA) is 38.7 Å². The lowest BCUT2D eigenvalue weighted by Crippen LogP contribution is -2.07. The molecule has 0 N–H and O–H groups in total. The smallest absolute Gasteiger partial charge is 0.0705 e. The first-order valence-corrected chi connectivity index (χ1v) is 28.5. The molecule has 3 heterocycles. The fraction of sp³-hybridized carbons (Fsp3) is 0.423. The molecule has 3 heteroatoms. The third-order valence-corrected chi connectivity index (χ3v) is 18.0. The van der Waals surface area contributed by atoms with Crippen LogP contribution in [0.1, 0.15) is 200 Å². The number of para-hydroxylation sites is 1. The summed E-state index contributed by atoms with van der Waals surface area (Å²) in [6, 6.07) is 37.7. The average molecular weight is 980 g/mol. The van der Waals surface area contributed by atoms with E-state index in [4.69, 9.17) is 4.98 Å². The average Bonchev–Trinajstić information content (AvgIpc) is 4.21. The maximum absolute atomic E-state index is 4.74. The van der Waals surface area contributed by atoms with Crippen molar-refractivity contribution in [3.05, 3.63) is 215 Å².